The first-order valence-corrected chi connectivity index (χ1v) is 9.11. The third kappa shape index (κ3) is 4.38. The Bertz CT molecular complexity index is 1110. The zero-order valence-electron chi connectivity index (χ0n) is 16.3. The Hall–Kier alpha value is -3.79. The van der Waals surface area contributed by atoms with Gasteiger partial charge in [-0.3, -0.25) is 4.79 Å². The first-order chi connectivity index (χ1) is 13.9. The van der Waals surface area contributed by atoms with E-state index in [1.807, 2.05) is 13.0 Å². The summed E-state index contributed by atoms with van der Waals surface area (Å²) in [6, 6.07) is 13.7. The van der Waals surface area contributed by atoms with Crippen molar-refractivity contribution < 1.29 is 23.5 Å². The summed E-state index contributed by atoms with van der Waals surface area (Å²) in [5, 5.41) is 12.3. The van der Waals surface area contributed by atoms with Gasteiger partial charge in [-0.25, -0.2) is 4.79 Å². The fourth-order valence-electron chi connectivity index (χ4n) is 2.83. The molecule has 0 radical (unpaired) electrons. The minimum atomic E-state index is -1.06. The van der Waals surface area contributed by atoms with Gasteiger partial charge in [0.1, 0.15) is 11.3 Å². The predicted octanol–water partition coefficient (Wildman–Crippen LogP) is 4.20. The summed E-state index contributed by atoms with van der Waals surface area (Å²) >= 11 is 0. The Kier molecular flexibility index (Phi) is 5.84. The Balaban J connectivity index is 1.72. The van der Waals surface area contributed by atoms with Crippen LogP contribution in [0.4, 0.5) is 5.69 Å². The van der Waals surface area contributed by atoms with Crippen LogP contribution in [0.25, 0.3) is 11.0 Å². The fourth-order valence-corrected chi connectivity index (χ4v) is 2.83. The lowest BCUT2D eigenvalue weighted by atomic mass is 10.1. The van der Waals surface area contributed by atoms with Crippen LogP contribution < -0.4 is 10.1 Å². The molecule has 0 saturated carbocycles. The van der Waals surface area contributed by atoms with Crippen molar-refractivity contribution >= 4 is 28.5 Å². The molecule has 1 heterocycles. The second-order valence-electron chi connectivity index (χ2n) is 6.38. The number of carbonyl (C=O) groups excluding carboxylic acids is 2. The van der Waals surface area contributed by atoms with Crippen LogP contribution in [0.3, 0.4) is 0 Å². The minimum absolute atomic E-state index is 0.0415. The van der Waals surface area contributed by atoms with Gasteiger partial charge in [0.05, 0.1) is 18.2 Å². The molecule has 1 aromatic heterocycles. The number of fused-ring (bicyclic) bond motifs is 1. The molecule has 29 heavy (non-hydrogen) atoms. The monoisotopic (exact) mass is 392 g/mol. The number of ether oxygens (including phenoxy) is 2. The molecule has 0 unspecified atom stereocenters. The third-order valence-electron chi connectivity index (χ3n) is 4.32. The van der Waals surface area contributed by atoms with E-state index in [4.69, 9.17) is 19.2 Å². The molecule has 0 spiro atoms. The highest BCUT2D eigenvalue weighted by atomic mass is 16.6. The molecule has 7 nitrogen and oxygen atoms in total. The molecule has 0 aliphatic carbocycles. The largest absolute Gasteiger partial charge is 0.494 e. The van der Waals surface area contributed by atoms with Crippen LogP contribution in [0.2, 0.25) is 0 Å². The summed E-state index contributed by atoms with van der Waals surface area (Å²) in [7, 11) is 0. The van der Waals surface area contributed by atoms with Crippen LogP contribution in [0.1, 0.15) is 35.5 Å². The van der Waals surface area contributed by atoms with E-state index in [-0.39, 0.29) is 5.76 Å². The zero-order valence-corrected chi connectivity index (χ0v) is 16.3. The van der Waals surface area contributed by atoms with E-state index in [2.05, 4.69) is 5.32 Å². The predicted molar refractivity (Wildman–Crippen MR) is 107 cm³/mol. The van der Waals surface area contributed by atoms with Gasteiger partial charge in [0.25, 0.3) is 5.91 Å². The average Bonchev–Trinajstić information content (AvgIpc) is 3.04. The van der Waals surface area contributed by atoms with Crippen molar-refractivity contribution in [2.24, 2.45) is 0 Å². The number of benzene rings is 2. The SMILES string of the molecule is CCOc1ccc2oc(C(=O)O[C@H](C)C(=O)Nc3cccc(C#N)c3)c(C)c2c1. The van der Waals surface area contributed by atoms with Crippen LogP contribution in [-0.4, -0.2) is 24.6 Å². The maximum Gasteiger partial charge on any atom is 0.375 e. The van der Waals surface area contributed by atoms with Crippen molar-refractivity contribution in [1.82, 2.24) is 0 Å². The number of nitriles is 1. The maximum absolute atomic E-state index is 12.5. The zero-order chi connectivity index (χ0) is 21.0. The topological polar surface area (TPSA) is 102 Å². The smallest absolute Gasteiger partial charge is 0.375 e. The molecular formula is C22H20N2O5. The van der Waals surface area contributed by atoms with E-state index in [1.165, 1.54) is 13.0 Å². The second-order valence-corrected chi connectivity index (χ2v) is 6.38. The molecular weight excluding hydrogens is 372 g/mol. The number of nitrogens with one attached hydrogen (secondary N) is 1. The van der Waals surface area contributed by atoms with Crippen molar-refractivity contribution in [3.63, 3.8) is 0 Å². The Morgan fingerprint density at radius 1 is 1.24 bits per heavy atom. The molecule has 1 N–H and O–H groups in total. The summed E-state index contributed by atoms with van der Waals surface area (Å²) in [5.74, 6) is -0.526. The van der Waals surface area contributed by atoms with Crippen LogP contribution >= 0.6 is 0 Å². The highest BCUT2D eigenvalue weighted by molar-refractivity contribution is 5.99. The molecule has 3 rings (SSSR count). The molecule has 148 valence electrons. The molecule has 1 amide bonds. The molecule has 0 fully saturated rings. The number of aryl methyl sites for hydroxylation is 1. The number of furan rings is 1. The Morgan fingerprint density at radius 2 is 2.03 bits per heavy atom. The van der Waals surface area contributed by atoms with E-state index in [0.29, 0.717) is 34.8 Å². The summed E-state index contributed by atoms with van der Waals surface area (Å²) in [4.78, 5) is 24.9. The summed E-state index contributed by atoms with van der Waals surface area (Å²) < 4.78 is 16.4. The number of hydrogen-bond donors (Lipinski definition) is 1. The number of esters is 1. The van der Waals surface area contributed by atoms with E-state index < -0.39 is 18.0 Å². The summed E-state index contributed by atoms with van der Waals surface area (Å²) in [6.07, 6.45) is -1.06. The number of hydrogen-bond acceptors (Lipinski definition) is 6. The van der Waals surface area contributed by atoms with E-state index >= 15 is 0 Å². The molecule has 0 aliphatic heterocycles. The summed E-state index contributed by atoms with van der Waals surface area (Å²) in [6.45, 7) is 5.63. The lowest BCUT2D eigenvalue weighted by Gasteiger charge is -2.13. The standard InChI is InChI=1S/C22H20N2O5/c1-4-27-17-8-9-19-18(11-17)13(2)20(29-19)22(26)28-14(3)21(25)24-16-7-5-6-15(10-16)12-23/h5-11,14H,4H2,1-3H3,(H,24,25)/t14-/m1/s1. The van der Waals surface area contributed by atoms with Gasteiger partial charge < -0.3 is 19.2 Å². The lowest BCUT2D eigenvalue weighted by molar-refractivity contribution is -0.123. The van der Waals surface area contributed by atoms with Gasteiger partial charge in [-0.1, -0.05) is 6.07 Å². The maximum atomic E-state index is 12.5. The van der Waals surface area contributed by atoms with Crippen LogP contribution in [0.15, 0.2) is 46.9 Å². The number of carbonyl (C=O) groups is 2. The van der Waals surface area contributed by atoms with E-state index in [0.717, 1.165) is 5.39 Å². The quantitative estimate of drug-likeness (QED) is 0.631. The highest BCUT2D eigenvalue weighted by Crippen LogP contribution is 2.29. The first-order valence-electron chi connectivity index (χ1n) is 9.11. The molecule has 1 atom stereocenters. The van der Waals surface area contributed by atoms with Crippen molar-refractivity contribution in [3.8, 4) is 11.8 Å². The van der Waals surface area contributed by atoms with Crippen molar-refractivity contribution in [2.75, 3.05) is 11.9 Å². The molecule has 0 saturated heterocycles. The van der Waals surface area contributed by atoms with Crippen LogP contribution in [-0.2, 0) is 9.53 Å². The van der Waals surface area contributed by atoms with Gasteiger partial charge in [0.15, 0.2) is 6.10 Å². The van der Waals surface area contributed by atoms with Gasteiger partial charge >= 0.3 is 5.97 Å². The van der Waals surface area contributed by atoms with Crippen molar-refractivity contribution in [3.05, 3.63) is 59.4 Å². The van der Waals surface area contributed by atoms with Crippen molar-refractivity contribution in [1.29, 1.82) is 5.26 Å². The molecule has 0 aliphatic rings. The molecule has 7 heteroatoms. The van der Waals surface area contributed by atoms with Gasteiger partial charge in [-0.05, 0) is 57.2 Å². The Morgan fingerprint density at radius 3 is 2.76 bits per heavy atom. The lowest BCUT2D eigenvalue weighted by Crippen LogP contribution is -2.30. The normalized spacial score (nSPS) is 11.5. The van der Waals surface area contributed by atoms with Crippen molar-refractivity contribution in [2.45, 2.75) is 26.9 Å². The highest BCUT2D eigenvalue weighted by Gasteiger charge is 2.24. The number of nitrogens with zero attached hydrogens (tertiary/aromatic N) is 1. The van der Waals surface area contributed by atoms with Gasteiger partial charge in [0, 0.05) is 16.6 Å². The minimum Gasteiger partial charge on any atom is -0.494 e. The van der Waals surface area contributed by atoms with E-state index in [1.54, 1.807) is 43.3 Å². The fraction of sp³-hybridized carbons (Fsp3) is 0.227. The van der Waals surface area contributed by atoms with Gasteiger partial charge in [-0.15, -0.1) is 0 Å². The average molecular weight is 392 g/mol. The number of rotatable bonds is 6. The van der Waals surface area contributed by atoms with Crippen LogP contribution in [0, 0.1) is 18.3 Å². The second kappa shape index (κ2) is 8.48. The summed E-state index contributed by atoms with van der Waals surface area (Å²) in [5.41, 5.74) is 2.00. The molecule has 0 bridgehead atoms. The number of amides is 1. The first kappa shape index (κ1) is 20.0. The number of anilines is 1. The van der Waals surface area contributed by atoms with Gasteiger partial charge in [0.2, 0.25) is 5.76 Å². The third-order valence-corrected chi connectivity index (χ3v) is 4.32. The molecule has 3 aromatic rings. The molecule has 2 aromatic carbocycles. The van der Waals surface area contributed by atoms with E-state index in [9.17, 15) is 9.59 Å². The Labute approximate surface area is 167 Å². The van der Waals surface area contributed by atoms with Crippen LogP contribution in [0.5, 0.6) is 5.75 Å². The van der Waals surface area contributed by atoms with Gasteiger partial charge in [-0.2, -0.15) is 5.26 Å².